The number of para-hydroxylation sites is 1. The minimum absolute atomic E-state index is 0.0287. The van der Waals surface area contributed by atoms with Gasteiger partial charge < -0.3 is 9.57 Å². The number of carbonyl (C=O) groups is 1. The summed E-state index contributed by atoms with van der Waals surface area (Å²) < 4.78 is 5.82. The van der Waals surface area contributed by atoms with Gasteiger partial charge in [-0.2, -0.15) is 0 Å². The first-order valence-electron chi connectivity index (χ1n) is 6.99. The minimum Gasteiger partial charge on any atom is -0.489 e. The number of nitrogens with zero attached hydrogens (tertiary/aromatic N) is 1. The number of hydrogen-bond donors (Lipinski definition) is 2. The van der Waals surface area contributed by atoms with Gasteiger partial charge in [0.15, 0.2) is 5.71 Å². The fourth-order valence-corrected chi connectivity index (χ4v) is 2.11. The van der Waals surface area contributed by atoms with Crippen LogP contribution in [0.4, 0.5) is 0 Å². The average molecular weight is 314 g/mol. The molecule has 2 aromatic carbocycles. The highest BCUT2D eigenvalue weighted by Gasteiger charge is 2.18. The van der Waals surface area contributed by atoms with E-state index >= 15 is 0 Å². The van der Waals surface area contributed by atoms with Crippen LogP contribution in [0.3, 0.4) is 0 Å². The second-order valence-electron chi connectivity index (χ2n) is 4.77. The third-order valence-electron chi connectivity index (χ3n) is 3.25. The van der Waals surface area contributed by atoms with E-state index in [1.54, 1.807) is 17.6 Å². The molecule has 0 bridgehead atoms. The van der Waals surface area contributed by atoms with Crippen molar-refractivity contribution in [3.05, 3.63) is 65.2 Å². The largest absolute Gasteiger partial charge is 0.489 e. The molecule has 0 saturated heterocycles. The molecule has 2 N–H and O–H groups in total. The molecule has 0 aliphatic carbocycles. The first kappa shape index (κ1) is 16.5. The zero-order valence-electron chi connectivity index (χ0n) is 12.9. The molecule has 1 amide bonds. The third-order valence-corrected chi connectivity index (χ3v) is 3.25. The second kappa shape index (κ2) is 7.95. The number of nitrogens with one attached hydrogen (secondary N) is 1. The lowest BCUT2D eigenvalue weighted by atomic mass is 10.0. The van der Waals surface area contributed by atoms with E-state index in [1.165, 1.54) is 7.11 Å². The molecule has 0 aliphatic heterocycles. The fourth-order valence-electron chi connectivity index (χ4n) is 2.11. The number of amides is 1. The summed E-state index contributed by atoms with van der Waals surface area (Å²) in [6.45, 7) is 2.21. The van der Waals surface area contributed by atoms with Crippen molar-refractivity contribution in [2.45, 2.75) is 13.5 Å². The van der Waals surface area contributed by atoms with Gasteiger partial charge in [-0.15, -0.1) is 0 Å². The Labute approximate surface area is 134 Å². The van der Waals surface area contributed by atoms with Crippen molar-refractivity contribution >= 4 is 11.6 Å². The SMILES string of the molecule is CO/N=C(/C(=O)NO)c1ccccc1COc1ccccc1C. The molecule has 2 aromatic rings. The van der Waals surface area contributed by atoms with Crippen molar-refractivity contribution in [2.24, 2.45) is 5.16 Å². The molecule has 0 spiro atoms. The van der Waals surface area contributed by atoms with Crippen molar-refractivity contribution in [2.75, 3.05) is 7.11 Å². The second-order valence-corrected chi connectivity index (χ2v) is 4.77. The molecule has 6 nitrogen and oxygen atoms in total. The van der Waals surface area contributed by atoms with E-state index in [0.29, 0.717) is 5.56 Å². The standard InChI is InChI=1S/C17H18N2O4/c1-12-7-3-6-10-15(12)23-11-13-8-4-5-9-14(13)16(19-22-2)17(20)18-21/h3-10,21H,11H2,1-2H3,(H,18,20)/b19-16+. The first-order valence-corrected chi connectivity index (χ1v) is 6.99. The summed E-state index contributed by atoms with van der Waals surface area (Å²) in [4.78, 5) is 16.5. The number of carbonyl (C=O) groups excluding carboxylic acids is 1. The van der Waals surface area contributed by atoms with E-state index in [0.717, 1.165) is 16.9 Å². The van der Waals surface area contributed by atoms with Gasteiger partial charge >= 0.3 is 0 Å². The Balaban J connectivity index is 2.28. The number of ether oxygens (including phenoxy) is 1. The summed E-state index contributed by atoms with van der Waals surface area (Å²) in [5.41, 5.74) is 3.82. The van der Waals surface area contributed by atoms with Crippen molar-refractivity contribution in [3.8, 4) is 5.75 Å². The van der Waals surface area contributed by atoms with Gasteiger partial charge in [0.1, 0.15) is 19.5 Å². The van der Waals surface area contributed by atoms with Crippen LogP contribution in [0.25, 0.3) is 0 Å². The number of aryl methyl sites for hydroxylation is 1. The van der Waals surface area contributed by atoms with Gasteiger partial charge in [0.25, 0.3) is 5.91 Å². The van der Waals surface area contributed by atoms with Crippen LogP contribution < -0.4 is 10.2 Å². The van der Waals surface area contributed by atoms with Crippen molar-refractivity contribution < 1.29 is 19.6 Å². The Morgan fingerprint density at radius 2 is 1.87 bits per heavy atom. The first-order chi connectivity index (χ1) is 11.2. The van der Waals surface area contributed by atoms with Crippen LogP contribution in [0.5, 0.6) is 5.75 Å². The van der Waals surface area contributed by atoms with Gasteiger partial charge in [-0.1, -0.05) is 47.6 Å². The van der Waals surface area contributed by atoms with Gasteiger partial charge in [0.2, 0.25) is 0 Å². The molecule has 0 aromatic heterocycles. The van der Waals surface area contributed by atoms with Crippen molar-refractivity contribution in [1.29, 1.82) is 0 Å². The van der Waals surface area contributed by atoms with Crippen LogP contribution in [0.15, 0.2) is 53.7 Å². The van der Waals surface area contributed by atoms with Crippen LogP contribution in [0.2, 0.25) is 0 Å². The van der Waals surface area contributed by atoms with E-state index in [9.17, 15) is 4.79 Å². The monoisotopic (exact) mass is 314 g/mol. The number of hydrogen-bond acceptors (Lipinski definition) is 5. The minimum atomic E-state index is -0.754. The maximum absolute atomic E-state index is 11.8. The highest BCUT2D eigenvalue weighted by molar-refractivity contribution is 6.45. The van der Waals surface area contributed by atoms with Gasteiger partial charge in [-0.3, -0.25) is 10.0 Å². The Morgan fingerprint density at radius 3 is 2.57 bits per heavy atom. The lowest BCUT2D eigenvalue weighted by Crippen LogP contribution is -2.30. The fraction of sp³-hybridized carbons (Fsp3) is 0.176. The lowest BCUT2D eigenvalue weighted by molar-refractivity contribution is -0.122. The Hall–Kier alpha value is -2.86. The summed E-state index contributed by atoms with van der Waals surface area (Å²) in [5.74, 6) is 0.00864. The molecule has 6 heteroatoms. The molecule has 120 valence electrons. The molecule has 0 unspecified atom stereocenters. The summed E-state index contributed by atoms with van der Waals surface area (Å²) >= 11 is 0. The summed E-state index contributed by atoms with van der Waals surface area (Å²) in [6.07, 6.45) is 0. The zero-order chi connectivity index (χ0) is 16.7. The Bertz CT molecular complexity index is 713. The van der Waals surface area contributed by atoms with Crippen LogP contribution in [0, 0.1) is 6.92 Å². The predicted octanol–water partition coefficient (Wildman–Crippen LogP) is 2.43. The number of oxime groups is 1. The molecule has 0 heterocycles. The van der Waals surface area contributed by atoms with Crippen molar-refractivity contribution in [3.63, 3.8) is 0 Å². The van der Waals surface area contributed by atoms with E-state index in [-0.39, 0.29) is 12.3 Å². The van der Waals surface area contributed by atoms with E-state index in [1.807, 2.05) is 43.3 Å². The Kier molecular flexibility index (Phi) is 5.71. The van der Waals surface area contributed by atoms with Crippen LogP contribution in [-0.2, 0) is 16.2 Å². The molecule has 0 atom stereocenters. The maximum Gasteiger partial charge on any atom is 0.297 e. The highest BCUT2D eigenvalue weighted by atomic mass is 16.6. The molecular formula is C17H18N2O4. The molecule has 0 fully saturated rings. The van der Waals surface area contributed by atoms with E-state index in [2.05, 4.69) is 5.16 Å². The summed E-state index contributed by atoms with van der Waals surface area (Å²) in [5, 5.41) is 12.5. The molecule has 2 rings (SSSR count). The third kappa shape index (κ3) is 4.08. The number of rotatable bonds is 6. The smallest absolute Gasteiger partial charge is 0.297 e. The van der Waals surface area contributed by atoms with E-state index < -0.39 is 5.91 Å². The van der Waals surface area contributed by atoms with Crippen LogP contribution in [-0.4, -0.2) is 23.9 Å². The van der Waals surface area contributed by atoms with Gasteiger partial charge in [0, 0.05) is 5.56 Å². The normalized spacial score (nSPS) is 11.0. The molecule has 23 heavy (non-hydrogen) atoms. The van der Waals surface area contributed by atoms with Gasteiger partial charge in [-0.25, -0.2) is 5.48 Å². The maximum atomic E-state index is 11.8. The molecule has 0 saturated carbocycles. The quantitative estimate of drug-likeness (QED) is 0.487. The number of benzene rings is 2. The molecule has 0 radical (unpaired) electrons. The summed E-state index contributed by atoms with van der Waals surface area (Å²) in [6, 6.07) is 14.8. The number of hydroxylamine groups is 1. The zero-order valence-corrected chi connectivity index (χ0v) is 12.9. The highest BCUT2D eigenvalue weighted by Crippen LogP contribution is 2.19. The van der Waals surface area contributed by atoms with Gasteiger partial charge in [-0.05, 0) is 24.1 Å². The van der Waals surface area contributed by atoms with Crippen LogP contribution >= 0.6 is 0 Å². The average Bonchev–Trinajstić information content (AvgIpc) is 2.59. The Morgan fingerprint density at radius 1 is 1.17 bits per heavy atom. The van der Waals surface area contributed by atoms with Crippen molar-refractivity contribution in [1.82, 2.24) is 5.48 Å². The lowest BCUT2D eigenvalue weighted by Gasteiger charge is -2.13. The molecule has 0 aliphatic rings. The van der Waals surface area contributed by atoms with Gasteiger partial charge in [0.05, 0.1) is 0 Å². The summed E-state index contributed by atoms with van der Waals surface area (Å²) in [7, 11) is 1.33. The van der Waals surface area contributed by atoms with E-state index in [4.69, 9.17) is 14.8 Å². The topological polar surface area (TPSA) is 80.2 Å². The van der Waals surface area contributed by atoms with Crippen LogP contribution in [0.1, 0.15) is 16.7 Å². The predicted molar refractivity (Wildman–Crippen MR) is 85.4 cm³/mol. The molecular weight excluding hydrogens is 296 g/mol.